The van der Waals surface area contributed by atoms with Gasteiger partial charge in [-0.15, -0.1) is 11.6 Å². The van der Waals surface area contributed by atoms with Crippen molar-refractivity contribution >= 4 is 11.6 Å². The predicted molar refractivity (Wildman–Crippen MR) is 60.9 cm³/mol. The molecule has 0 fully saturated rings. The molecule has 0 heterocycles. The van der Waals surface area contributed by atoms with Crippen molar-refractivity contribution in [2.45, 2.75) is 64.0 Å². The first-order valence-corrected chi connectivity index (χ1v) is 5.85. The number of hydrogen-bond acceptors (Lipinski definition) is 2. The van der Waals surface area contributed by atoms with Crippen LogP contribution in [-0.2, 0) is 4.74 Å². The van der Waals surface area contributed by atoms with Gasteiger partial charge in [-0.3, -0.25) is 0 Å². The van der Waals surface area contributed by atoms with E-state index in [9.17, 15) is 5.11 Å². The van der Waals surface area contributed by atoms with Gasteiger partial charge in [0.1, 0.15) is 0 Å². The molecule has 14 heavy (non-hydrogen) atoms. The Kier molecular flexibility index (Phi) is 6.75. The standard InChI is InChI=1S/C11H23ClO2/c1-5-7-11(4,6-2)14-8-10(13)9(3)12/h9-10,13H,5-8H2,1-4H3. The van der Waals surface area contributed by atoms with E-state index < -0.39 is 6.10 Å². The summed E-state index contributed by atoms with van der Waals surface area (Å²) in [6.45, 7) is 8.43. The first-order chi connectivity index (χ1) is 6.45. The molecule has 0 aromatic heterocycles. The third-order valence-electron chi connectivity index (χ3n) is 2.66. The van der Waals surface area contributed by atoms with Crippen molar-refractivity contribution in [2.75, 3.05) is 6.61 Å². The molecule has 3 heteroatoms. The van der Waals surface area contributed by atoms with Crippen LogP contribution in [0.25, 0.3) is 0 Å². The zero-order valence-electron chi connectivity index (χ0n) is 9.72. The van der Waals surface area contributed by atoms with Crippen molar-refractivity contribution in [3.8, 4) is 0 Å². The number of alkyl halides is 1. The molecule has 3 unspecified atom stereocenters. The minimum atomic E-state index is -0.570. The summed E-state index contributed by atoms with van der Waals surface area (Å²) in [6, 6.07) is 0. The molecule has 2 nitrogen and oxygen atoms in total. The molecule has 0 aromatic carbocycles. The average Bonchev–Trinajstić information content (AvgIpc) is 2.14. The fraction of sp³-hybridized carbons (Fsp3) is 1.00. The second-order valence-electron chi connectivity index (χ2n) is 4.11. The van der Waals surface area contributed by atoms with E-state index in [1.165, 1.54) is 0 Å². The Labute approximate surface area is 92.6 Å². The zero-order chi connectivity index (χ0) is 11.2. The second-order valence-corrected chi connectivity index (χ2v) is 4.80. The van der Waals surface area contributed by atoms with Crippen LogP contribution < -0.4 is 0 Å². The third-order valence-corrected chi connectivity index (χ3v) is 2.95. The van der Waals surface area contributed by atoms with Crippen molar-refractivity contribution in [2.24, 2.45) is 0 Å². The molecule has 1 N–H and O–H groups in total. The van der Waals surface area contributed by atoms with Crippen LogP contribution in [0, 0.1) is 0 Å². The molecule has 3 atom stereocenters. The molecule has 0 spiro atoms. The fourth-order valence-corrected chi connectivity index (χ4v) is 1.37. The summed E-state index contributed by atoms with van der Waals surface area (Å²) in [5, 5.41) is 9.24. The molecular weight excluding hydrogens is 200 g/mol. The molecular formula is C11H23ClO2. The Bertz CT molecular complexity index is 150. The van der Waals surface area contributed by atoms with Crippen LogP contribution >= 0.6 is 11.6 Å². The third kappa shape index (κ3) is 5.18. The van der Waals surface area contributed by atoms with Gasteiger partial charge >= 0.3 is 0 Å². The largest absolute Gasteiger partial charge is 0.389 e. The lowest BCUT2D eigenvalue weighted by molar-refractivity contribution is -0.0758. The lowest BCUT2D eigenvalue weighted by Gasteiger charge is -2.30. The van der Waals surface area contributed by atoms with Gasteiger partial charge < -0.3 is 9.84 Å². The van der Waals surface area contributed by atoms with E-state index in [4.69, 9.17) is 16.3 Å². The van der Waals surface area contributed by atoms with Gasteiger partial charge in [0.05, 0.1) is 23.7 Å². The minimum absolute atomic E-state index is 0.110. The number of rotatable bonds is 7. The molecule has 0 aliphatic carbocycles. The van der Waals surface area contributed by atoms with E-state index in [1.54, 1.807) is 6.92 Å². The molecule has 0 bridgehead atoms. The van der Waals surface area contributed by atoms with Gasteiger partial charge in [0.25, 0.3) is 0 Å². The first-order valence-electron chi connectivity index (χ1n) is 5.41. The van der Waals surface area contributed by atoms with Gasteiger partial charge in [-0.1, -0.05) is 20.3 Å². The number of hydrogen-bond donors (Lipinski definition) is 1. The van der Waals surface area contributed by atoms with Crippen LogP contribution in [0.4, 0.5) is 0 Å². The van der Waals surface area contributed by atoms with Gasteiger partial charge in [-0.2, -0.15) is 0 Å². The highest BCUT2D eigenvalue weighted by molar-refractivity contribution is 6.20. The van der Waals surface area contributed by atoms with Gasteiger partial charge in [0, 0.05) is 0 Å². The van der Waals surface area contributed by atoms with Gasteiger partial charge in [-0.05, 0) is 26.7 Å². The Morgan fingerprint density at radius 1 is 1.43 bits per heavy atom. The summed E-state index contributed by atoms with van der Waals surface area (Å²) in [5.74, 6) is 0. The van der Waals surface area contributed by atoms with Crippen LogP contribution in [0.3, 0.4) is 0 Å². The maximum atomic E-state index is 9.50. The molecule has 0 amide bonds. The molecule has 86 valence electrons. The summed E-state index contributed by atoms with van der Waals surface area (Å²) in [7, 11) is 0. The Morgan fingerprint density at radius 2 is 2.00 bits per heavy atom. The Morgan fingerprint density at radius 3 is 2.36 bits per heavy atom. The average molecular weight is 223 g/mol. The smallest absolute Gasteiger partial charge is 0.0934 e. The fourth-order valence-electron chi connectivity index (χ4n) is 1.30. The van der Waals surface area contributed by atoms with Gasteiger partial charge in [-0.25, -0.2) is 0 Å². The summed E-state index contributed by atoms with van der Waals surface area (Å²) < 4.78 is 5.71. The summed E-state index contributed by atoms with van der Waals surface area (Å²) in [5.41, 5.74) is -0.110. The Hall–Kier alpha value is 0.210. The van der Waals surface area contributed by atoms with E-state index in [0.29, 0.717) is 6.61 Å². The molecule has 0 aliphatic rings. The van der Waals surface area contributed by atoms with Crippen molar-refractivity contribution < 1.29 is 9.84 Å². The molecule has 0 rings (SSSR count). The van der Waals surface area contributed by atoms with Crippen molar-refractivity contribution in [3.05, 3.63) is 0 Å². The second kappa shape index (κ2) is 6.65. The van der Waals surface area contributed by atoms with Crippen LogP contribution in [0.15, 0.2) is 0 Å². The molecule has 0 aromatic rings. The summed E-state index contributed by atoms with van der Waals surface area (Å²) in [6.07, 6.45) is 2.51. The Balaban J connectivity index is 3.94. The first kappa shape index (κ1) is 14.2. The minimum Gasteiger partial charge on any atom is -0.389 e. The number of aliphatic hydroxyl groups is 1. The number of halogens is 1. The summed E-state index contributed by atoms with van der Waals surface area (Å²) >= 11 is 5.75. The topological polar surface area (TPSA) is 29.5 Å². The van der Waals surface area contributed by atoms with Crippen LogP contribution in [-0.4, -0.2) is 28.8 Å². The van der Waals surface area contributed by atoms with Crippen LogP contribution in [0.1, 0.15) is 47.0 Å². The maximum Gasteiger partial charge on any atom is 0.0934 e. The molecule has 0 saturated heterocycles. The lowest BCUT2D eigenvalue weighted by atomic mass is 9.97. The van der Waals surface area contributed by atoms with E-state index in [1.807, 2.05) is 0 Å². The molecule has 0 saturated carbocycles. The highest BCUT2D eigenvalue weighted by Crippen LogP contribution is 2.22. The lowest BCUT2D eigenvalue weighted by Crippen LogP contribution is -2.34. The molecule has 0 radical (unpaired) electrons. The highest BCUT2D eigenvalue weighted by Gasteiger charge is 2.23. The van der Waals surface area contributed by atoms with E-state index >= 15 is 0 Å². The number of ether oxygens (including phenoxy) is 1. The number of aliphatic hydroxyl groups excluding tert-OH is 1. The van der Waals surface area contributed by atoms with Crippen LogP contribution in [0.5, 0.6) is 0 Å². The van der Waals surface area contributed by atoms with E-state index in [-0.39, 0.29) is 11.0 Å². The monoisotopic (exact) mass is 222 g/mol. The van der Waals surface area contributed by atoms with Gasteiger partial charge in [0.15, 0.2) is 0 Å². The van der Waals surface area contributed by atoms with Crippen molar-refractivity contribution in [3.63, 3.8) is 0 Å². The van der Waals surface area contributed by atoms with E-state index in [2.05, 4.69) is 20.8 Å². The quantitative estimate of drug-likeness (QED) is 0.672. The molecule has 0 aliphatic heterocycles. The summed E-state index contributed by atoms with van der Waals surface area (Å²) in [4.78, 5) is 0. The van der Waals surface area contributed by atoms with E-state index in [0.717, 1.165) is 19.3 Å². The predicted octanol–water partition coefficient (Wildman–Crippen LogP) is 2.96. The normalized spacial score (nSPS) is 20.1. The van der Waals surface area contributed by atoms with Crippen molar-refractivity contribution in [1.82, 2.24) is 0 Å². The maximum absolute atomic E-state index is 9.50. The van der Waals surface area contributed by atoms with Crippen LogP contribution in [0.2, 0.25) is 0 Å². The zero-order valence-corrected chi connectivity index (χ0v) is 10.5. The van der Waals surface area contributed by atoms with Crippen molar-refractivity contribution in [1.29, 1.82) is 0 Å². The highest BCUT2D eigenvalue weighted by atomic mass is 35.5. The van der Waals surface area contributed by atoms with Gasteiger partial charge in [0.2, 0.25) is 0 Å². The SMILES string of the molecule is CCCC(C)(CC)OCC(O)C(C)Cl.